The number of hydrogen-bond acceptors (Lipinski definition) is 6. The molecule has 0 aliphatic rings. The first-order valence-electron chi connectivity index (χ1n) is 8.78. The Morgan fingerprint density at radius 2 is 2.17 bits per heavy atom. The van der Waals surface area contributed by atoms with Crippen LogP contribution in [0.15, 0.2) is 36.9 Å². The van der Waals surface area contributed by atoms with Crippen LogP contribution in [0.3, 0.4) is 0 Å². The summed E-state index contributed by atoms with van der Waals surface area (Å²) in [6, 6.07) is 2.39. The Bertz CT molecular complexity index is 1230. The van der Waals surface area contributed by atoms with E-state index in [4.69, 9.17) is 0 Å². The van der Waals surface area contributed by atoms with E-state index in [2.05, 4.69) is 30.0 Å². The third-order valence-corrected chi connectivity index (χ3v) is 4.49. The molecule has 4 rings (SSSR count). The lowest BCUT2D eigenvalue weighted by atomic mass is 10.2. The molecule has 29 heavy (non-hydrogen) atoms. The van der Waals surface area contributed by atoms with Gasteiger partial charge in [-0.05, 0) is 19.1 Å². The van der Waals surface area contributed by atoms with Crippen LogP contribution in [-0.2, 0) is 20.9 Å². The van der Waals surface area contributed by atoms with Crippen LogP contribution in [0.1, 0.15) is 6.92 Å². The van der Waals surface area contributed by atoms with Crippen molar-refractivity contribution in [2.75, 3.05) is 7.11 Å². The zero-order valence-electron chi connectivity index (χ0n) is 15.6. The smallest absolute Gasteiger partial charge is 0.328 e. The number of aromatic amines is 1. The van der Waals surface area contributed by atoms with Crippen LogP contribution < -0.4 is 5.32 Å². The van der Waals surface area contributed by atoms with Crippen molar-refractivity contribution < 1.29 is 18.7 Å². The largest absolute Gasteiger partial charge is 0.467 e. The molecule has 4 aromatic heterocycles. The second kappa shape index (κ2) is 7.30. The van der Waals surface area contributed by atoms with Crippen molar-refractivity contribution in [1.29, 1.82) is 0 Å². The minimum absolute atomic E-state index is 0.0364. The predicted octanol–water partition coefficient (Wildman–Crippen LogP) is 1.79. The number of hydrogen-bond donors (Lipinski definition) is 2. The van der Waals surface area contributed by atoms with E-state index in [9.17, 15) is 14.0 Å². The fourth-order valence-electron chi connectivity index (χ4n) is 3.07. The van der Waals surface area contributed by atoms with Crippen LogP contribution >= 0.6 is 0 Å². The molecule has 0 radical (unpaired) electrons. The van der Waals surface area contributed by atoms with E-state index in [1.807, 2.05) is 0 Å². The molecule has 0 saturated heterocycles. The van der Waals surface area contributed by atoms with E-state index in [1.165, 1.54) is 13.2 Å². The zero-order valence-corrected chi connectivity index (χ0v) is 15.6. The molecule has 0 aliphatic carbocycles. The number of carbonyl (C=O) groups is 2. The third kappa shape index (κ3) is 3.51. The molecule has 0 aromatic carbocycles. The van der Waals surface area contributed by atoms with Crippen molar-refractivity contribution >= 4 is 33.9 Å². The van der Waals surface area contributed by atoms with Crippen LogP contribution in [0, 0.1) is 5.82 Å². The maximum atomic E-state index is 13.6. The Hall–Kier alpha value is -3.82. The summed E-state index contributed by atoms with van der Waals surface area (Å²) in [7, 11) is 1.26. The van der Waals surface area contributed by atoms with Gasteiger partial charge < -0.3 is 19.6 Å². The molecule has 10 heteroatoms. The van der Waals surface area contributed by atoms with Gasteiger partial charge in [0.05, 0.1) is 13.3 Å². The highest BCUT2D eigenvalue weighted by atomic mass is 19.1. The molecule has 0 saturated carbocycles. The highest BCUT2D eigenvalue weighted by Crippen LogP contribution is 2.26. The molecule has 0 unspecified atom stereocenters. The summed E-state index contributed by atoms with van der Waals surface area (Å²) in [5, 5.41) is 3.88. The number of rotatable bonds is 5. The summed E-state index contributed by atoms with van der Waals surface area (Å²) in [4.78, 5) is 39.6. The highest BCUT2D eigenvalue weighted by Gasteiger charge is 2.17. The Labute approximate surface area is 163 Å². The van der Waals surface area contributed by atoms with Crippen molar-refractivity contribution in [3.05, 3.63) is 42.7 Å². The van der Waals surface area contributed by atoms with Crippen LogP contribution in [0.5, 0.6) is 0 Å². The lowest BCUT2D eigenvalue weighted by molar-refractivity contribution is -0.144. The Balaban J connectivity index is 1.65. The van der Waals surface area contributed by atoms with E-state index in [-0.39, 0.29) is 12.5 Å². The second-order valence-electron chi connectivity index (χ2n) is 6.48. The maximum Gasteiger partial charge on any atom is 0.328 e. The van der Waals surface area contributed by atoms with Crippen LogP contribution in [0.25, 0.3) is 33.5 Å². The Morgan fingerprint density at radius 3 is 2.97 bits per heavy atom. The summed E-state index contributed by atoms with van der Waals surface area (Å²) < 4.78 is 19.9. The maximum absolute atomic E-state index is 13.6. The summed E-state index contributed by atoms with van der Waals surface area (Å²) in [5.41, 5.74) is 1.66. The number of halogens is 1. The highest BCUT2D eigenvalue weighted by molar-refractivity contribution is 5.92. The molecule has 9 nitrogen and oxygen atoms in total. The number of H-pyrrole nitrogens is 1. The number of methoxy groups -OCH3 is 1. The zero-order chi connectivity index (χ0) is 20.5. The molecule has 0 aliphatic heterocycles. The number of pyridine rings is 1. The van der Waals surface area contributed by atoms with Gasteiger partial charge >= 0.3 is 5.97 Å². The van der Waals surface area contributed by atoms with E-state index < -0.39 is 17.8 Å². The molecule has 0 bridgehead atoms. The van der Waals surface area contributed by atoms with Gasteiger partial charge in [0, 0.05) is 34.9 Å². The number of ether oxygens (including phenoxy) is 1. The fourth-order valence-corrected chi connectivity index (χ4v) is 3.07. The first-order valence-corrected chi connectivity index (χ1v) is 8.78. The Kier molecular flexibility index (Phi) is 4.67. The molecule has 4 aromatic rings. The van der Waals surface area contributed by atoms with Crippen LogP contribution in [0.2, 0.25) is 0 Å². The summed E-state index contributed by atoms with van der Waals surface area (Å²) in [6.07, 6.45) is 6.14. The number of nitrogens with one attached hydrogen (secondary N) is 2. The molecule has 0 spiro atoms. The molecular formula is C19H17FN6O3. The standard InChI is InChI=1S/C19H17FN6O3/c1-10(19(28)29-2)24-15(27)9-26-4-3-11-6-21-17(25-18(11)26)14-8-23-16-13(14)5-12(20)7-22-16/h3-8,10H,9H2,1-2H3,(H,22,23)(H,24,27)/t10-/m0/s1. The molecule has 1 atom stereocenters. The number of amides is 1. The van der Waals surface area contributed by atoms with Crippen molar-refractivity contribution in [1.82, 2.24) is 29.8 Å². The van der Waals surface area contributed by atoms with Gasteiger partial charge in [0.15, 0.2) is 5.82 Å². The SMILES string of the molecule is COC(=O)[C@H](C)NC(=O)Cn1ccc2cnc(-c3c[nH]c4ncc(F)cc34)nc21. The number of esters is 1. The second-order valence-corrected chi connectivity index (χ2v) is 6.48. The monoisotopic (exact) mass is 396 g/mol. The van der Waals surface area contributed by atoms with Gasteiger partial charge in [0.2, 0.25) is 5.91 Å². The van der Waals surface area contributed by atoms with Crippen molar-refractivity contribution in [3.63, 3.8) is 0 Å². The first kappa shape index (κ1) is 18.5. The van der Waals surface area contributed by atoms with Gasteiger partial charge in [0.25, 0.3) is 0 Å². The van der Waals surface area contributed by atoms with Crippen LogP contribution in [-0.4, -0.2) is 49.5 Å². The quantitative estimate of drug-likeness (QED) is 0.497. The number of carbonyl (C=O) groups excluding carboxylic acids is 2. The molecule has 0 fully saturated rings. The molecule has 148 valence electrons. The lowest BCUT2D eigenvalue weighted by Crippen LogP contribution is -2.40. The summed E-state index contributed by atoms with van der Waals surface area (Å²) in [6.45, 7) is 1.51. The number of nitrogens with zero attached hydrogens (tertiary/aromatic N) is 4. The van der Waals surface area contributed by atoms with Gasteiger partial charge in [-0.3, -0.25) is 4.79 Å². The van der Waals surface area contributed by atoms with Gasteiger partial charge in [-0.25, -0.2) is 24.1 Å². The van der Waals surface area contributed by atoms with E-state index >= 15 is 0 Å². The molecule has 2 N–H and O–H groups in total. The fraction of sp³-hybridized carbons (Fsp3) is 0.211. The molecule has 4 heterocycles. The topological polar surface area (TPSA) is 115 Å². The van der Waals surface area contributed by atoms with Crippen molar-refractivity contribution in [2.45, 2.75) is 19.5 Å². The van der Waals surface area contributed by atoms with Gasteiger partial charge in [-0.2, -0.15) is 0 Å². The van der Waals surface area contributed by atoms with E-state index in [0.29, 0.717) is 28.1 Å². The van der Waals surface area contributed by atoms with Crippen molar-refractivity contribution in [2.24, 2.45) is 0 Å². The summed E-state index contributed by atoms with van der Waals surface area (Å²) in [5.74, 6) is -0.974. The van der Waals surface area contributed by atoms with E-state index in [0.717, 1.165) is 11.6 Å². The molecular weight excluding hydrogens is 379 g/mol. The average molecular weight is 396 g/mol. The van der Waals surface area contributed by atoms with Crippen molar-refractivity contribution in [3.8, 4) is 11.4 Å². The lowest BCUT2D eigenvalue weighted by Gasteiger charge is -2.12. The first-order chi connectivity index (χ1) is 14.0. The van der Waals surface area contributed by atoms with Gasteiger partial charge in [0.1, 0.15) is 29.7 Å². The normalized spacial score (nSPS) is 12.2. The number of fused-ring (bicyclic) bond motifs is 2. The minimum atomic E-state index is -0.756. The minimum Gasteiger partial charge on any atom is -0.467 e. The van der Waals surface area contributed by atoms with Gasteiger partial charge in [-0.15, -0.1) is 0 Å². The van der Waals surface area contributed by atoms with Gasteiger partial charge in [-0.1, -0.05) is 0 Å². The summed E-state index contributed by atoms with van der Waals surface area (Å²) >= 11 is 0. The Morgan fingerprint density at radius 1 is 1.34 bits per heavy atom. The number of aromatic nitrogens is 5. The van der Waals surface area contributed by atoms with E-state index in [1.54, 1.807) is 36.1 Å². The molecule has 1 amide bonds. The third-order valence-electron chi connectivity index (χ3n) is 4.49. The van der Waals surface area contributed by atoms with Crippen LogP contribution in [0.4, 0.5) is 4.39 Å². The average Bonchev–Trinajstić information content (AvgIpc) is 3.30. The predicted molar refractivity (Wildman–Crippen MR) is 102 cm³/mol.